The van der Waals surface area contributed by atoms with Gasteiger partial charge in [-0.1, -0.05) is 0 Å². The molecule has 22 heavy (non-hydrogen) atoms. The van der Waals surface area contributed by atoms with Crippen LogP contribution in [0.2, 0.25) is 0 Å². The molecule has 0 N–H and O–H groups in total. The Labute approximate surface area is 130 Å². The summed E-state index contributed by atoms with van der Waals surface area (Å²) in [6.45, 7) is 0.315. The van der Waals surface area contributed by atoms with Crippen molar-refractivity contribution in [3.8, 4) is 0 Å². The van der Waals surface area contributed by atoms with E-state index in [1.807, 2.05) is 0 Å². The molecule has 9 nitrogen and oxygen atoms in total. The van der Waals surface area contributed by atoms with Gasteiger partial charge in [-0.25, -0.2) is 0 Å². The molecular formula is C12H24BNO8. The summed E-state index contributed by atoms with van der Waals surface area (Å²) >= 11 is 0. The SMILES string of the molecule is CC(=O)O[B-](OC(C)=O)(OC(C)=O)OC(C)=O.C[N+](C)(C)C. The maximum absolute atomic E-state index is 10.8. The van der Waals surface area contributed by atoms with Crippen molar-refractivity contribution in [2.24, 2.45) is 0 Å². The number of rotatable bonds is 4. The molecule has 0 amide bonds. The van der Waals surface area contributed by atoms with Gasteiger partial charge < -0.3 is 23.1 Å². The zero-order chi connectivity index (χ0) is 18.1. The summed E-state index contributed by atoms with van der Waals surface area (Å²) in [5.74, 6) is -3.80. The van der Waals surface area contributed by atoms with Crippen LogP contribution in [0, 0.1) is 0 Å². The lowest BCUT2D eigenvalue weighted by Gasteiger charge is -2.36. The molecule has 0 aliphatic rings. The molecule has 0 aromatic carbocycles. The highest BCUT2D eigenvalue weighted by Gasteiger charge is 2.45. The van der Waals surface area contributed by atoms with Crippen LogP contribution in [0.15, 0.2) is 0 Å². The predicted molar refractivity (Wildman–Crippen MR) is 76.8 cm³/mol. The lowest BCUT2D eigenvalue weighted by atomic mass is 10.0. The highest BCUT2D eigenvalue weighted by atomic mass is 16.9. The van der Waals surface area contributed by atoms with E-state index in [-0.39, 0.29) is 0 Å². The third kappa shape index (κ3) is 16.0. The quantitative estimate of drug-likeness (QED) is 0.526. The van der Waals surface area contributed by atoms with Crippen molar-refractivity contribution in [1.29, 1.82) is 0 Å². The summed E-state index contributed by atoms with van der Waals surface area (Å²) in [6, 6.07) is 0. The van der Waals surface area contributed by atoms with E-state index in [4.69, 9.17) is 0 Å². The number of carbonyl (C=O) groups excluding carboxylic acids is 4. The van der Waals surface area contributed by atoms with Crippen molar-refractivity contribution in [3.05, 3.63) is 0 Å². The third-order valence-electron chi connectivity index (χ3n) is 1.24. The average molecular weight is 321 g/mol. The van der Waals surface area contributed by atoms with Gasteiger partial charge in [0, 0.05) is 27.7 Å². The monoisotopic (exact) mass is 321 g/mol. The topological polar surface area (TPSA) is 105 Å². The molecule has 0 bridgehead atoms. The molecular weight excluding hydrogens is 297 g/mol. The van der Waals surface area contributed by atoms with Gasteiger partial charge in [-0.3, -0.25) is 19.2 Å². The van der Waals surface area contributed by atoms with E-state index in [1.165, 1.54) is 0 Å². The van der Waals surface area contributed by atoms with E-state index in [1.54, 1.807) is 0 Å². The van der Waals surface area contributed by atoms with E-state index in [2.05, 4.69) is 46.8 Å². The second kappa shape index (κ2) is 9.03. The van der Waals surface area contributed by atoms with Crippen molar-refractivity contribution in [2.75, 3.05) is 28.2 Å². The van der Waals surface area contributed by atoms with Gasteiger partial charge in [-0.15, -0.1) is 0 Å². The number of hydrogen-bond donors (Lipinski definition) is 0. The Morgan fingerprint density at radius 2 is 0.727 bits per heavy atom. The summed E-state index contributed by atoms with van der Waals surface area (Å²) < 4.78 is 18.9. The summed E-state index contributed by atoms with van der Waals surface area (Å²) in [5.41, 5.74) is 0. The van der Waals surface area contributed by atoms with E-state index < -0.39 is 30.8 Å². The second-order valence-electron chi connectivity index (χ2n) is 5.70. The molecule has 0 saturated carbocycles. The molecule has 0 rings (SSSR count). The van der Waals surface area contributed by atoms with Crippen LogP contribution in [0.4, 0.5) is 0 Å². The largest absolute Gasteiger partial charge is 0.784 e. The summed E-state index contributed by atoms with van der Waals surface area (Å²) in [4.78, 5) is 43.3. The minimum Gasteiger partial charge on any atom is -0.585 e. The maximum Gasteiger partial charge on any atom is 0.784 e. The van der Waals surface area contributed by atoms with Crippen LogP contribution in [0.25, 0.3) is 0 Å². The first-order valence-corrected chi connectivity index (χ1v) is 6.36. The van der Waals surface area contributed by atoms with Crippen LogP contribution in [0.5, 0.6) is 0 Å². The normalized spacial score (nSPS) is 10.5. The zero-order valence-electron chi connectivity index (χ0n) is 14.3. The highest BCUT2D eigenvalue weighted by Crippen LogP contribution is 2.13. The Bertz CT molecular complexity index is 354. The second-order valence-corrected chi connectivity index (χ2v) is 5.70. The van der Waals surface area contributed by atoms with Crippen molar-refractivity contribution in [3.63, 3.8) is 0 Å². The summed E-state index contributed by atoms with van der Waals surface area (Å²) in [5, 5.41) is 0. The van der Waals surface area contributed by atoms with Crippen LogP contribution in [0.1, 0.15) is 27.7 Å². The molecule has 128 valence electrons. The van der Waals surface area contributed by atoms with Gasteiger partial charge in [0.1, 0.15) is 0 Å². The number of hydrogen-bond acceptors (Lipinski definition) is 8. The lowest BCUT2D eigenvalue weighted by molar-refractivity contribution is -0.849. The number of carbonyl (C=O) groups is 4. The van der Waals surface area contributed by atoms with Gasteiger partial charge in [0.05, 0.1) is 28.2 Å². The molecule has 0 spiro atoms. The van der Waals surface area contributed by atoms with E-state index in [0.29, 0.717) is 0 Å². The Balaban J connectivity index is 0. The first-order valence-electron chi connectivity index (χ1n) is 6.36. The zero-order valence-corrected chi connectivity index (χ0v) is 14.3. The maximum atomic E-state index is 10.8. The van der Waals surface area contributed by atoms with Crippen molar-refractivity contribution in [2.45, 2.75) is 27.7 Å². The van der Waals surface area contributed by atoms with Gasteiger partial charge in [-0.2, -0.15) is 0 Å². The summed E-state index contributed by atoms with van der Waals surface area (Å²) in [7, 11) is 8.50. The number of nitrogens with zero attached hydrogens (tertiary/aromatic N) is 1. The molecule has 0 heterocycles. The predicted octanol–water partition coefficient (Wildman–Crippen LogP) is -0.00320. The Morgan fingerprint density at radius 1 is 0.591 bits per heavy atom. The fourth-order valence-corrected chi connectivity index (χ4v) is 0.957. The van der Waals surface area contributed by atoms with Crippen molar-refractivity contribution < 1.29 is 42.3 Å². The molecule has 0 aliphatic carbocycles. The van der Waals surface area contributed by atoms with Crippen LogP contribution in [0.3, 0.4) is 0 Å². The Kier molecular flexibility index (Phi) is 9.11. The lowest BCUT2D eigenvalue weighted by Crippen LogP contribution is -2.53. The fraction of sp³-hybridized carbons (Fsp3) is 0.667. The molecule has 0 radical (unpaired) electrons. The highest BCUT2D eigenvalue weighted by molar-refractivity contribution is 6.60. The van der Waals surface area contributed by atoms with Crippen LogP contribution >= 0.6 is 0 Å². The van der Waals surface area contributed by atoms with Gasteiger partial charge in [0.15, 0.2) is 0 Å². The summed E-state index contributed by atoms with van der Waals surface area (Å²) in [6.07, 6.45) is 0. The smallest absolute Gasteiger partial charge is 0.585 e. The number of quaternary nitrogens is 1. The van der Waals surface area contributed by atoms with Crippen LogP contribution in [-0.4, -0.2) is 63.5 Å². The minimum atomic E-state index is -3.55. The standard InChI is InChI=1S/C8H12BO8.C4H12N/c1-5(10)14-9(15-6(2)11,16-7(3)12)17-8(4)13;1-5(2,3)4/h1-4H3;1-4H3/q-1;+1. The molecule has 0 fully saturated rings. The van der Waals surface area contributed by atoms with Gasteiger partial charge in [0.2, 0.25) is 0 Å². The van der Waals surface area contributed by atoms with Gasteiger partial charge >= 0.3 is 6.96 Å². The average Bonchev–Trinajstić information content (AvgIpc) is 2.06. The fourth-order valence-electron chi connectivity index (χ4n) is 0.957. The first-order chi connectivity index (χ1) is 9.67. The van der Waals surface area contributed by atoms with E-state index in [9.17, 15) is 19.2 Å². The molecule has 0 atom stereocenters. The Hall–Kier alpha value is -2.10. The van der Waals surface area contributed by atoms with Crippen molar-refractivity contribution >= 4 is 30.8 Å². The minimum absolute atomic E-state index is 0.950. The molecule has 0 aliphatic heterocycles. The van der Waals surface area contributed by atoms with Crippen LogP contribution < -0.4 is 0 Å². The molecule has 0 aromatic heterocycles. The first kappa shape index (κ1) is 22.2. The van der Waals surface area contributed by atoms with Gasteiger partial charge in [-0.05, 0) is 0 Å². The molecule has 10 heteroatoms. The third-order valence-corrected chi connectivity index (χ3v) is 1.24. The van der Waals surface area contributed by atoms with Crippen LogP contribution in [-0.2, 0) is 37.8 Å². The Morgan fingerprint density at radius 3 is 0.818 bits per heavy atom. The molecule has 0 saturated heterocycles. The van der Waals surface area contributed by atoms with Gasteiger partial charge in [0.25, 0.3) is 23.9 Å². The molecule has 0 aromatic rings. The van der Waals surface area contributed by atoms with E-state index >= 15 is 0 Å². The van der Waals surface area contributed by atoms with E-state index in [0.717, 1.165) is 32.2 Å². The molecule has 0 unspecified atom stereocenters. The van der Waals surface area contributed by atoms with Crippen molar-refractivity contribution in [1.82, 2.24) is 0 Å².